The molecule has 2 N–H and O–H groups in total. The molecule has 0 bridgehead atoms. The molecule has 0 aromatic rings. The molecule has 0 unspecified atom stereocenters. The number of hydrogen-bond donors (Lipinski definition) is 2. The number of rotatable bonds is 0. The topological polar surface area (TPSA) is 58.9 Å². The first-order valence-electron chi connectivity index (χ1n) is 7.30. The summed E-state index contributed by atoms with van der Waals surface area (Å²) in [6, 6.07) is 0. The van der Waals surface area contributed by atoms with Crippen LogP contribution in [0.25, 0.3) is 0 Å². The molecule has 4 aliphatic rings. The molecule has 2 saturated heterocycles. The maximum atomic E-state index is 10.7. The first-order chi connectivity index (χ1) is 8.98. The third kappa shape index (κ3) is 1.29. The third-order valence-corrected chi connectivity index (χ3v) is 6.12. The Balaban J connectivity index is 1.90. The summed E-state index contributed by atoms with van der Waals surface area (Å²) >= 11 is 0. The van der Waals surface area contributed by atoms with Gasteiger partial charge in [0, 0.05) is 5.92 Å². The van der Waals surface area contributed by atoms with Gasteiger partial charge >= 0.3 is 0 Å². The van der Waals surface area contributed by atoms with Gasteiger partial charge in [0.15, 0.2) is 12.6 Å². The molecule has 4 rings (SSSR count). The van der Waals surface area contributed by atoms with Crippen molar-refractivity contribution in [3.63, 3.8) is 0 Å². The SMILES string of the molecule is CC1(C)CC[C@H](O)[C@]23[C@@H]4C(=CC[C@@H]12)CO[C@@H]4O[C@@H]3O. The molecule has 1 spiro atoms. The first-order valence-corrected chi connectivity index (χ1v) is 7.30. The molecular formula is C15H22O4. The molecule has 19 heavy (non-hydrogen) atoms. The molecule has 2 aliphatic carbocycles. The Morgan fingerprint density at radius 2 is 2.11 bits per heavy atom. The van der Waals surface area contributed by atoms with Gasteiger partial charge in [-0.2, -0.15) is 0 Å². The minimum Gasteiger partial charge on any atom is -0.392 e. The van der Waals surface area contributed by atoms with Gasteiger partial charge in [0.2, 0.25) is 0 Å². The normalized spacial score (nSPS) is 54.5. The molecule has 0 aromatic carbocycles. The molecule has 2 aliphatic heterocycles. The van der Waals surface area contributed by atoms with E-state index in [0.29, 0.717) is 6.61 Å². The van der Waals surface area contributed by atoms with E-state index in [-0.39, 0.29) is 23.5 Å². The molecule has 2 heterocycles. The van der Waals surface area contributed by atoms with E-state index in [2.05, 4.69) is 19.9 Å². The van der Waals surface area contributed by atoms with E-state index in [1.54, 1.807) is 0 Å². The van der Waals surface area contributed by atoms with E-state index >= 15 is 0 Å². The lowest BCUT2D eigenvalue weighted by atomic mass is 9.47. The van der Waals surface area contributed by atoms with E-state index in [1.165, 1.54) is 5.57 Å². The van der Waals surface area contributed by atoms with Crippen LogP contribution >= 0.6 is 0 Å². The highest BCUT2D eigenvalue weighted by Gasteiger charge is 2.70. The predicted molar refractivity (Wildman–Crippen MR) is 68.0 cm³/mol. The summed E-state index contributed by atoms with van der Waals surface area (Å²) in [6.45, 7) is 5.09. The van der Waals surface area contributed by atoms with Gasteiger partial charge in [-0.15, -0.1) is 0 Å². The van der Waals surface area contributed by atoms with Crippen LogP contribution in [0.5, 0.6) is 0 Å². The second-order valence-corrected chi connectivity index (χ2v) is 7.26. The molecule has 0 radical (unpaired) electrons. The summed E-state index contributed by atoms with van der Waals surface area (Å²) in [5.74, 6) is 0.287. The molecule has 4 heteroatoms. The highest BCUT2D eigenvalue weighted by Crippen LogP contribution is 2.66. The summed E-state index contributed by atoms with van der Waals surface area (Å²) in [5, 5.41) is 21.3. The second-order valence-electron chi connectivity index (χ2n) is 7.26. The highest BCUT2D eigenvalue weighted by molar-refractivity contribution is 5.28. The van der Waals surface area contributed by atoms with Gasteiger partial charge in [-0.25, -0.2) is 0 Å². The van der Waals surface area contributed by atoms with Crippen molar-refractivity contribution in [2.24, 2.45) is 22.7 Å². The average Bonchev–Trinajstić information content (AvgIpc) is 2.89. The molecule has 3 fully saturated rings. The van der Waals surface area contributed by atoms with Crippen LogP contribution in [0.15, 0.2) is 11.6 Å². The third-order valence-electron chi connectivity index (χ3n) is 6.12. The van der Waals surface area contributed by atoms with Gasteiger partial charge in [0.05, 0.1) is 18.1 Å². The van der Waals surface area contributed by atoms with Gasteiger partial charge in [-0.3, -0.25) is 0 Å². The Hall–Kier alpha value is -0.420. The zero-order valence-electron chi connectivity index (χ0n) is 11.5. The second kappa shape index (κ2) is 3.61. The van der Waals surface area contributed by atoms with Crippen LogP contribution in [0.4, 0.5) is 0 Å². The van der Waals surface area contributed by atoms with Crippen LogP contribution in [0, 0.1) is 22.7 Å². The van der Waals surface area contributed by atoms with Crippen LogP contribution in [-0.4, -0.2) is 35.5 Å². The van der Waals surface area contributed by atoms with Crippen molar-refractivity contribution in [1.82, 2.24) is 0 Å². The lowest BCUT2D eigenvalue weighted by Gasteiger charge is -2.57. The Morgan fingerprint density at radius 1 is 1.32 bits per heavy atom. The molecule has 106 valence electrons. The van der Waals surface area contributed by atoms with Crippen LogP contribution < -0.4 is 0 Å². The predicted octanol–water partition coefficient (Wildman–Crippen LogP) is 1.42. The van der Waals surface area contributed by atoms with Crippen LogP contribution in [0.3, 0.4) is 0 Å². The van der Waals surface area contributed by atoms with E-state index in [9.17, 15) is 10.2 Å². The minimum atomic E-state index is -0.911. The lowest BCUT2D eigenvalue weighted by molar-refractivity contribution is -0.238. The number of aliphatic hydroxyl groups is 2. The van der Waals surface area contributed by atoms with E-state index in [1.807, 2.05) is 0 Å². The summed E-state index contributed by atoms with van der Waals surface area (Å²) in [7, 11) is 0. The zero-order chi connectivity index (χ0) is 13.4. The lowest BCUT2D eigenvalue weighted by Crippen LogP contribution is -2.60. The largest absolute Gasteiger partial charge is 0.392 e. The fourth-order valence-electron chi connectivity index (χ4n) is 5.19. The number of allylic oxidation sites excluding steroid dienone is 1. The standard InChI is InChI=1S/C15H22O4/c1-14(2)6-5-10(16)15-9(14)4-3-8-7-18-12(11(8)15)19-13(15)17/h3,9-13,16-17H,4-7H2,1-2H3/t9-,10-,11+,12+,13-,15-/m0/s1. The summed E-state index contributed by atoms with van der Waals surface area (Å²) < 4.78 is 11.3. The van der Waals surface area contributed by atoms with Crippen LogP contribution in [-0.2, 0) is 9.47 Å². The Kier molecular flexibility index (Phi) is 2.34. The maximum Gasteiger partial charge on any atom is 0.168 e. The molecule has 4 nitrogen and oxygen atoms in total. The van der Waals surface area contributed by atoms with Crippen molar-refractivity contribution in [3.05, 3.63) is 11.6 Å². The molecule has 1 saturated carbocycles. The Morgan fingerprint density at radius 3 is 2.89 bits per heavy atom. The van der Waals surface area contributed by atoms with E-state index < -0.39 is 17.8 Å². The maximum absolute atomic E-state index is 10.7. The van der Waals surface area contributed by atoms with Crippen molar-refractivity contribution in [2.75, 3.05) is 6.61 Å². The fraction of sp³-hybridized carbons (Fsp3) is 0.867. The molecule has 0 aromatic heterocycles. The number of ether oxygens (including phenoxy) is 2. The summed E-state index contributed by atoms with van der Waals surface area (Å²) in [4.78, 5) is 0. The smallest absolute Gasteiger partial charge is 0.168 e. The molecule has 0 amide bonds. The van der Waals surface area contributed by atoms with Crippen LogP contribution in [0.2, 0.25) is 0 Å². The quantitative estimate of drug-likeness (QED) is 0.651. The average molecular weight is 266 g/mol. The Bertz CT molecular complexity index is 437. The van der Waals surface area contributed by atoms with E-state index in [0.717, 1.165) is 19.3 Å². The molecule has 6 atom stereocenters. The van der Waals surface area contributed by atoms with Crippen molar-refractivity contribution >= 4 is 0 Å². The first kappa shape index (κ1) is 12.3. The van der Waals surface area contributed by atoms with Crippen LogP contribution in [0.1, 0.15) is 33.1 Å². The summed E-state index contributed by atoms with van der Waals surface area (Å²) in [5.41, 5.74) is 0.769. The zero-order valence-corrected chi connectivity index (χ0v) is 11.5. The van der Waals surface area contributed by atoms with Gasteiger partial charge in [0.25, 0.3) is 0 Å². The van der Waals surface area contributed by atoms with Crippen molar-refractivity contribution < 1.29 is 19.7 Å². The van der Waals surface area contributed by atoms with Gasteiger partial charge in [-0.1, -0.05) is 19.9 Å². The van der Waals surface area contributed by atoms with Crippen molar-refractivity contribution in [3.8, 4) is 0 Å². The van der Waals surface area contributed by atoms with Gasteiger partial charge in [0.1, 0.15) is 0 Å². The van der Waals surface area contributed by atoms with Gasteiger partial charge < -0.3 is 19.7 Å². The van der Waals surface area contributed by atoms with Gasteiger partial charge in [-0.05, 0) is 36.2 Å². The molecular weight excluding hydrogens is 244 g/mol. The van der Waals surface area contributed by atoms with Crippen molar-refractivity contribution in [1.29, 1.82) is 0 Å². The van der Waals surface area contributed by atoms with E-state index in [4.69, 9.17) is 9.47 Å². The summed E-state index contributed by atoms with van der Waals surface area (Å²) in [6.07, 6.45) is 3.12. The minimum absolute atomic E-state index is 0.0378. The van der Waals surface area contributed by atoms with Crippen molar-refractivity contribution in [2.45, 2.75) is 51.8 Å². The monoisotopic (exact) mass is 266 g/mol. The Labute approximate surface area is 113 Å². The number of aliphatic hydroxyl groups excluding tert-OH is 2. The highest BCUT2D eigenvalue weighted by atomic mass is 16.7. The number of hydrogen-bond acceptors (Lipinski definition) is 4. The fourth-order valence-corrected chi connectivity index (χ4v) is 5.19.